The molecule has 1 nitrogen and oxygen atoms in total. The van der Waals surface area contributed by atoms with Crippen molar-refractivity contribution in [3.63, 3.8) is 0 Å². The van der Waals surface area contributed by atoms with Gasteiger partial charge in [0.05, 0.1) is 0 Å². The summed E-state index contributed by atoms with van der Waals surface area (Å²) in [6, 6.07) is 8.71. The van der Waals surface area contributed by atoms with Crippen LogP contribution in [-0.4, -0.2) is 7.11 Å². The molecule has 0 saturated heterocycles. The molecule has 0 amide bonds. The summed E-state index contributed by atoms with van der Waals surface area (Å²) in [6.45, 7) is 14.2. The van der Waals surface area contributed by atoms with E-state index < -0.39 is 23.2 Å². The zero-order chi connectivity index (χ0) is 19.8. The van der Waals surface area contributed by atoms with Crippen LogP contribution in [0.5, 0.6) is 5.75 Å². The summed E-state index contributed by atoms with van der Waals surface area (Å²) in [5.74, 6) is 1.46. The van der Waals surface area contributed by atoms with Crippen molar-refractivity contribution in [3.8, 4) is 5.75 Å². The molecule has 142 valence electrons. The molecule has 1 aromatic rings. The Hall–Kier alpha value is -1.14. The second-order valence-corrected chi connectivity index (χ2v) is 13.2. The van der Waals surface area contributed by atoms with Crippen molar-refractivity contribution in [2.24, 2.45) is 16.7 Å². The molecule has 0 saturated carbocycles. The van der Waals surface area contributed by atoms with Gasteiger partial charge in [0.25, 0.3) is 0 Å². The second-order valence-electron chi connectivity index (χ2n) is 9.64. The van der Waals surface area contributed by atoms with E-state index >= 15 is 0 Å². The van der Waals surface area contributed by atoms with Crippen LogP contribution >= 0.6 is 0 Å². The van der Waals surface area contributed by atoms with E-state index in [1.807, 2.05) is 0 Å². The molecular weight excluding hydrogens is 407 g/mol. The Morgan fingerprint density at radius 1 is 1.00 bits per heavy atom. The van der Waals surface area contributed by atoms with Gasteiger partial charge in [-0.05, 0) is 0 Å². The summed E-state index contributed by atoms with van der Waals surface area (Å²) < 4.78 is 8.84. The van der Waals surface area contributed by atoms with Crippen LogP contribution in [0.25, 0.3) is 5.57 Å². The standard InChI is InChI=1S/C20H27O.C5H5.Zr/c1-19(2,3)15-12-17(18(13-15)20(4,5)6)14-8-10-16(21-7)11-9-14;1-2-4-5-3-1;/h8-11,13,15H,1-7H3;1-3H,4H2;. The average molecular weight is 440 g/mol. The first-order valence-electron chi connectivity index (χ1n) is 9.85. The van der Waals surface area contributed by atoms with Crippen molar-refractivity contribution in [2.45, 2.75) is 48.0 Å². The number of rotatable bonds is 4. The first kappa shape index (κ1) is 20.6. The molecule has 27 heavy (non-hydrogen) atoms. The van der Waals surface area contributed by atoms with Gasteiger partial charge in [0.15, 0.2) is 0 Å². The third-order valence-corrected chi connectivity index (χ3v) is 9.11. The molecule has 0 N–H and O–H groups in total. The number of benzene rings is 1. The molecule has 1 unspecified atom stereocenters. The maximum atomic E-state index is 5.40. The van der Waals surface area contributed by atoms with Gasteiger partial charge in [0, 0.05) is 0 Å². The van der Waals surface area contributed by atoms with Crippen molar-refractivity contribution in [1.29, 1.82) is 0 Å². The minimum absolute atomic E-state index is 0.141. The molecule has 1 aromatic carbocycles. The van der Waals surface area contributed by atoms with Gasteiger partial charge in [-0.15, -0.1) is 0 Å². The Morgan fingerprint density at radius 2 is 1.67 bits per heavy atom. The SMILES string of the molecule is COc1ccc(C2=[C]([Zr][C]3=CC=CC3)C(C(C)(C)C)C=C2C(C)(C)C)cc1. The second kappa shape index (κ2) is 7.71. The third-order valence-electron chi connectivity index (χ3n) is 5.37. The van der Waals surface area contributed by atoms with Crippen molar-refractivity contribution < 1.29 is 28.0 Å². The molecule has 0 bridgehead atoms. The fraction of sp³-hybridized carbons (Fsp3) is 0.440. The predicted molar refractivity (Wildman–Crippen MR) is 112 cm³/mol. The number of hydrogen-bond acceptors (Lipinski definition) is 1. The van der Waals surface area contributed by atoms with Crippen LogP contribution in [0.2, 0.25) is 0 Å². The van der Waals surface area contributed by atoms with E-state index in [4.69, 9.17) is 4.74 Å². The molecule has 0 heterocycles. The van der Waals surface area contributed by atoms with Crippen LogP contribution < -0.4 is 4.74 Å². The number of allylic oxidation sites excluding steroid dienone is 8. The molecule has 0 spiro atoms. The van der Waals surface area contributed by atoms with E-state index in [0.717, 1.165) is 12.2 Å². The number of methoxy groups -OCH3 is 1. The van der Waals surface area contributed by atoms with Gasteiger partial charge in [-0.1, -0.05) is 0 Å². The Balaban J connectivity index is 2.17. The van der Waals surface area contributed by atoms with E-state index in [-0.39, 0.29) is 10.8 Å². The van der Waals surface area contributed by atoms with E-state index in [9.17, 15) is 0 Å². The quantitative estimate of drug-likeness (QED) is 0.491. The van der Waals surface area contributed by atoms with Gasteiger partial charge in [-0.2, -0.15) is 0 Å². The van der Waals surface area contributed by atoms with E-state index in [1.165, 1.54) is 16.7 Å². The van der Waals surface area contributed by atoms with Gasteiger partial charge in [0.1, 0.15) is 0 Å². The Kier molecular flexibility index (Phi) is 5.88. The first-order chi connectivity index (χ1) is 12.6. The topological polar surface area (TPSA) is 9.23 Å². The van der Waals surface area contributed by atoms with Gasteiger partial charge in [0.2, 0.25) is 0 Å². The summed E-state index contributed by atoms with van der Waals surface area (Å²) in [7, 11) is 1.74. The zero-order valence-electron chi connectivity index (χ0n) is 17.8. The summed E-state index contributed by atoms with van der Waals surface area (Å²) in [5, 5.41) is 0. The van der Waals surface area contributed by atoms with Crippen LogP contribution in [0, 0.1) is 16.7 Å². The molecule has 1 atom stereocenters. The van der Waals surface area contributed by atoms with Crippen LogP contribution in [-0.2, 0) is 23.2 Å². The molecule has 0 fully saturated rings. The van der Waals surface area contributed by atoms with Crippen LogP contribution in [0.1, 0.15) is 53.5 Å². The summed E-state index contributed by atoms with van der Waals surface area (Å²) in [6.07, 6.45) is 10.7. The molecule has 2 aliphatic rings. The van der Waals surface area contributed by atoms with Gasteiger partial charge in [-0.3, -0.25) is 0 Å². The van der Waals surface area contributed by atoms with Crippen molar-refractivity contribution >= 4 is 5.57 Å². The molecule has 2 heteroatoms. The molecule has 3 rings (SSSR count). The Morgan fingerprint density at radius 3 is 2.15 bits per heavy atom. The Bertz CT molecular complexity index is 821. The molecule has 0 aromatic heterocycles. The molecular formula is C25H32OZr. The molecule has 0 radical (unpaired) electrons. The van der Waals surface area contributed by atoms with E-state index in [2.05, 4.69) is 90.1 Å². The van der Waals surface area contributed by atoms with Gasteiger partial charge >= 0.3 is 177 Å². The normalized spacial score (nSPS) is 20.0. The Labute approximate surface area is 176 Å². The molecule has 2 aliphatic carbocycles. The fourth-order valence-electron chi connectivity index (χ4n) is 3.86. The van der Waals surface area contributed by atoms with Crippen molar-refractivity contribution in [1.82, 2.24) is 0 Å². The zero-order valence-corrected chi connectivity index (χ0v) is 20.3. The monoisotopic (exact) mass is 438 g/mol. The predicted octanol–water partition coefficient (Wildman–Crippen LogP) is 6.98. The van der Waals surface area contributed by atoms with Gasteiger partial charge in [-0.25, -0.2) is 0 Å². The summed E-state index contributed by atoms with van der Waals surface area (Å²) in [4.78, 5) is 0. The van der Waals surface area contributed by atoms with Crippen molar-refractivity contribution in [3.05, 3.63) is 66.3 Å². The van der Waals surface area contributed by atoms with E-state index in [1.54, 1.807) is 13.7 Å². The van der Waals surface area contributed by atoms with Crippen LogP contribution in [0.15, 0.2) is 60.7 Å². The average Bonchev–Trinajstić information content (AvgIpc) is 3.22. The first-order valence-corrected chi connectivity index (χ1v) is 12.3. The van der Waals surface area contributed by atoms with E-state index in [0.29, 0.717) is 5.92 Å². The van der Waals surface area contributed by atoms with Crippen LogP contribution in [0.4, 0.5) is 0 Å². The fourth-order valence-corrected chi connectivity index (χ4v) is 8.34. The molecule has 0 aliphatic heterocycles. The number of ether oxygens (including phenoxy) is 1. The number of hydrogen-bond donors (Lipinski definition) is 0. The van der Waals surface area contributed by atoms with Crippen molar-refractivity contribution in [2.75, 3.05) is 7.11 Å². The minimum atomic E-state index is -0.806. The maximum absolute atomic E-state index is 5.40. The third kappa shape index (κ3) is 4.48. The summed E-state index contributed by atoms with van der Waals surface area (Å²) >= 11 is -0.806. The summed E-state index contributed by atoms with van der Waals surface area (Å²) in [5.41, 5.74) is 4.79. The van der Waals surface area contributed by atoms with Gasteiger partial charge < -0.3 is 0 Å². The van der Waals surface area contributed by atoms with Crippen LogP contribution in [0.3, 0.4) is 0 Å².